The van der Waals surface area contributed by atoms with E-state index in [4.69, 9.17) is 17.3 Å². The molecule has 3 rings (SSSR count). The first-order valence-electron chi connectivity index (χ1n) is 6.63. The first kappa shape index (κ1) is 15.5. The van der Waals surface area contributed by atoms with Gasteiger partial charge < -0.3 is 11.1 Å². The largest absolute Gasteiger partial charge is 0.331 e. The summed E-state index contributed by atoms with van der Waals surface area (Å²) in [5.41, 5.74) is 9.78. The van der Waals surface area contributed by atoms with Crippen LogP contribution in [0.2, 0.25) is 5.02 Å². The molecular formula is C16H13BrClN3S. The number of nitrogens with zero attached hydrogens (tertiary/aromatic N) is 1. The molecule has 0 fully saturated rings. The molecule has 1 heterocycles. The van der Waals surface area contributed by atoms with Crippen LogP contribution in [0.3, 0.4) is 0 Å². The summed E-state index contributed by atoms with van der Waals surface area (Å²) < 4.78 is 0.983. The molecule has 22 heavy (non-hydrogen) atoms. The predicted octanol–water partition coefficient (Wildman–Crippen LogP) is 5.43. The summed E-state index contributed by atoms with van der Waals surface area (Å²) in [6.45, 7) is 0.433. The Morgan fingerprint density at radius 3 is 2.86 bits per heavy atom. The molecule has 0 bridgehead atoms. The SMILES string of the molecule is NCc1cccc(Cl)c1-c1ccc(Br)cc1Nc1nccs1. The molecule has 0 saturated heterocycles. The van der Waals surface area contributed by atoms with Gasteiger partial charge in [-0.05, 0) is 23.8 Å². The minimum absolute atomic E-state index is 0.433. The highest BCUT2D eigenvalue weighted by molar-refractivity contribution is 9.10. The molecule has 6 heteroatoms. The Hall–Kier alpha value is -1.40. The van der Waals surface area contributed by atoms with Gasteiger partial charge in [0.15, 0.2) is 5.13 Å². The third-order valence-electron chi connectivity index (χ3n) is 3.24. The average Bonchev–Trinajstić information content (AvgIpc) is 3.01. The topological polar surface area (TPSA) is 50.9 Å². The van der Waals surface area contributed by atoms with Crippen molar-refractivity contribution in [3.05, 3.63) is 63.0 Å². The van der Waals surface area contributed by atoms with E-state index in [2.05, 4.69) is 26.2 Å². The van der Waals surface area contributed by atoms with Crippen molar-refractivity contribution in [3.8, 4) is 11.1 Å². The average molecular weight is 395 g/mol. The second kappa shape index (κ2) is 6.79. The quantitative estimate of drug-likeness (QED) is 0.620. The number of hydrogen-bond acceptors (Lipinski definition) is 4. The summed E-state index contributed by atoms with van der Waals surface area (Å²) in [5.74, 6) is 0. The monoisotopic (exact) mass is 393 g/mol. The van der Waals surface area contributed by atoms with Gasteiger partial charge in [-0.15, -0.1) is 11.3 Å². The second-order valence-electron chi connectivity index (χ2n) is 4.63. The van der Waals surface area contributed by atoms with Crippen molar-refractivity contribution in [2.45, 2.75) is 6.54 Å². The lowest BCUT2D eigenvalue weighted by molar-refractivity contribution is 1.07. The number of nitrogens with one attached hydrogen (secondary N) is 1. The van der Waals surface area contributed by atoms with Crippen LogP contribution in [-0.4, -0.2) is 4.98 Å². The minimum Gasteiger partial charge on any atom is -0.331 e. The highest BCUT2D eigenvalue weighted by Crippen LogP contribution is 2.38. The fraction of sp³-hybridized carbons (Fsp3) is 0.0625. The van der Waals surface area contributed by atoms with Crippen LogP contribution in [-0.2, 0) is 6.54 Å². The van der Waals surface area contributed by atoms with Gasteiger partial charge in [0.05, 0.1) is 0 Å². The number of halogens is 2. The van der Waals surface area contributed by atoms with Crippen LogP contribution < -0.4 is 11.1 Å². The summed E-state index contributed by atoms with van der Waals surface area (Å²) in [6.07, 6.45) is 1.77. The molecule has 0 spiro atoms. The van der Waals surface area contributed by atoms with Crippen molar-refractivity contribution in [3.63, 3.8) is 0 Å². The van der Waals surface area contributed by atoms with Crippen molar-refractivity contribution in [1.29, 1.82) is 0 Å². The zero-order chi connectivity index (χ0) is 15.5. The maximum Gasteiger partial charge on any atom is 0.187 e. The Balaban J connectivity index is 2.15. The molecule has 112 valence electrons. The number of hydrogen-bond donors (Lipinski definition) is 2. The predicted molar refractivity (Wildman–Crippen MR) is 97.9 cm³/mol. The summed E-state index contributed by atoms with van der Waals surface area (Å²) in [6, 6.07) is 11.8. The van der Waals surface area contributed by atoms with E-state index in [-0.39, 0.29) is 0 Å². The number of anilines is 2. The molecule has 3 nitrogen and oxygen atoms in total. The van der Waals surface area contributed by atoms with Crippen molar-refractivity contribution in [2.75, 3.05) is 5.32 Å². The van der Waals surface area contributed by atoms with Crippen LogP contribution in [0, 0.1) is 0 Å². The smallest absolute Gasteiger partial charge is 0.187 e. The van der Waals surface area contributed by atoms with Gasteiger partial charge in [-0.1, -0.05) is 45.7 Å². The van der Waals surface area contributed by atoms with Crippen LogP contribution in [0.1, 0.15) is 5.56 Å². The van der Waals surface area contributed by atoms with Crippen LogP contribution >= 0.6 is 38.9 Å². The fourth-order valence-electron chi connectivity index (χ4n) is 2.28. The van der Waals surface area contributed by atoms with Crippen molar-refractivity contribution in [1.82, 2.24) is 4.98 Å². The molecule has 0 aliphatic carbocycles. The third-order valence-corrected chi connectivity index (χ3v) is 4.74. The van der Waals surface area contributed by atoms with Crippen LogP contribution in [0.25, 0.3) is 11.1 Å². The molecule has 0 aliphatic rings. The number of rotatable bonds is 4. The summed E-state index contributed by atoms with van der Waals surface area (Å²) >= 11 is 11.5. The summed E-state index contributed by atoms with van der Waals surface area (Å²) in [5, 5.41) is 6.80. The first-order chi connectivity index (χ1) is 10.7. The van der Waals surface area contributed by atoms with Gasteiger partial charge in [0.1, 0.15) is 0 Å². The standard InChI is InChI=1S/C16H13BrClN3S/c17-11-4-5-12(14(8-11)21-16-20-6-7-22-16)15-10(9-19)2-1-3-13(15)18/h1-8H,9,19H2,(H,20,21). The normalized spacial score (nSPS) is 10.7. The third kappa shape index (κ3) is 3.17. The number of benzene rings is 2. The van der Waals surface area contributed by atoms with Gasteiger partial charge >= 0.3 is 0 Å². The molecule has 2 aromatic carbocycles. The van der Waals surface area contributed by atoms with E-state index in [1.54, 1.807) is 17.5 Å². The lowest BCUT2D eigenvalue weighted by Crippen LogP contribution is -2.01. The van der Waals surface area contributed by atoms with E-state index in [1.807, 2.05) is 41.8 Å². The molecule has 1 aromatic heterocycles. The molecule has 0 radical (unpaired) electrons. The van der Waals surface area contributed by atoms with Crippen LogP contribution in [0.4, 0.5) is 10.8 Å². The molecule has 0 amide bonds. The Kier molecular flexibility index (Phi) is 4.78. The second-order valence-corrected chi connectivity index (χ2v) is 6.85. The van der Waals surface area contributed by atoms with E-state index < -0.39 is 0 Å². The van der Waals surface area contributed by atoms with Gasteiger partial charge in [0, 0.05) is 44.4 Å². The fourth-order valence-corrected chi connectivity index (χ4v) is 3.48. The molecule has 0 unspecified atom stereocenters. The van der Waals surface area contributed by atoms with E-state index >= 15 is 0 Å². The highest BCUT2D eigenvalue weighted by Gasteiger charge is 2.14. The molecule has 3 aromatic rings. The van der Waals surface area contributed by atoms with E-state index in [9.17, 15) is 0 Å². The highest BCUT2D eigenvalue weighted by atomic mass is 79.9. The lowest BCUT2D eigenvalue weighted by atomic mass is 9.98. The summed E-state index contributed by atoms with van der Waals surface area (Å²) in [4.78, 5) is 4.28. The maximum absolute atomic E-state index is 6.43. The Morgan fingerprint density at radius 1 is 1.27 bits per heavy atom. The molecular weight excluding hydrogens is 382 g/mol. The Morgan fingerprint density at radius 2 is 2.14 bits per heavy atom. The number of nitrogens with two attached hydrogens (primary N) is 1. The van der Waals surface area contributed by atoms with E-state index in [1.165, 1.54) is 0 Å². The number of thiazole rings is 1. The zero-order valence-corrected chi connectivity index (χ0v) is 14.7. The Labute approximate surface area is 146 Å². The van der Waals surface area contributed by atoms with Crippen molar-refractivity contribution in [2.24, 2.45) is 5.73 Å². The lowest BCUT2D eigenvalue weighted by Gasteiger charge is -2.15. The molecule has 0 aliphatic heterocycles. The first-order valence-corrected chi connectivity index (χ1v) is 8.68. The van der Waals surface area contributed by atoms with Crippen molar-refractivity contribution >= 4 is 49.7 Å². The molecule has 0 saturated carbocycles. The molecule has 0 atom stereocenters. The van der Waals surface area contributed by atoms with Crippen LogP contribution in [0.15, 0.2) is 52.4 Å². The van der Waals surface area contributed by atoms with E-state index in [0.29, 0.717) is 11.6 Å². The van der Waals surface area contributed by atoms with E-state index in [0.717, 1.165) is 32.0 Å². The van der Waals surface area contributed by atoms with Gasteiger partial charge in [0.2, 0.25) is 0 Å². The van der Waals surface area contributed by atoms with Gasteiger partial charge in [-0.3, -0.25) is 0 Å². The minimum atomic E-state index is 0.433. The Bertz CT molecular complexity index is 790. The van der Waals surface area contributed by atoms with Gasteiger partial charge in [-0.2, -0.15) is 0 Å². The van der Waals surface area contributed by atoms with Gasteiger partial charge in [-0.25, -0.2) is 4.98 Å². The van der Waals surface area contributed by atoms with Crippen molar-refractivity contribution < 1.29 is 0 Å². The summed E-state index contributed by atoms with van der Waals surface area (Å²) in [7, 11) is 0. The zero-order valence-electron chi connectivity index (χ0n) is 11.5. The number of aromatic nitrogens is 1. The van der Waals surface area contributed by atoms with Gasteiger partial charge in [0.25, 0.3) is 0 Å². The molecule has 3 N–H and O–H groups in total. The van der Waals surface area contributed by atoms with Crippen LogP contribution in [0.5, 0.6) is 0 Å². The maximum atomic E-state index is 6.43.